The summed E-state index contributed by atoms with van der Waals surface area (Å²) >= 11 is 0. The predicted octanol–water partition coefficient (Wildman–Crippen LogP) is 1.36. The van der Waals surface area contributed by atoms with Crippen LogP contribution in [0.3, 0.4) is 0 Å². The molecule has 0 aliphatic carbocycles. The largest absolute Gasteiger partial charge is 0.339 e. The Morgan fingerprint density at radius 1 is 1.43 bits per heavy atom. The van der Waals surface area contributed by atoms with Crippen molar-refractivity contribution in [3.63, 3.8) is 0 Å². The highest BCUT2D eigenvalue weighted by Crippen LogP contribution is 2.33. The number of carbonyl (C=O) groups is 1. The highest BCUT2D eigenvalue weighted by molar-refractivity contribution is 5.92. The molecule has 0 radical (unpaired) electrons. The number of hydrogen-bond acceptors (Lipinski definition) is 6. The van der Waals surface area contributed by atoms with E-state index in [0.29, 0.717) is 30.5 Å². The molecule has 1 saturated heterocycles. The number of carbonyl (C=O) groups excluding carboxylic acids is 1. The lowest BCUT2D eigenvalue weighted by molar-refractivity contribution is 0.0613. The molecular weight excluding hydrogens is 270 g/mol. The molecule has 1 amide bonds. The smallest absolute Gasteiger partial charge is 0.274 e. The van der Waals surface area contributed by atoms with E-state index in [0.717, 1.165) is 12.8 Å². The van der Waals surface area contributed by atoms with Crippen molar-refractivity contribution in [2.75, 3.05) is 13.1 Å². The summed E-state index contributed by atoms with van der Waals surface area (Å²) in [4.78, 5) is 26.6. The zero-order chi connectivity index (χ0) is 14.9. The lowest BCUT2D eigenvalue weighted by Crippen LogP contribution is -2.47. The average molecular weight is 287 g/mol. The molecule has 0 unspecified atom stereocenters. The van der Waals surface area contributed by atoms with Crippen LogP contribution in [0.5, 0.6) is 0 Å². The monoisotopic (exact) mass is 287 g/mol. The Morgan fingerprint density at radius 3 is 2.95 bits per heavy atom. The molecule has 1 atom stereocenters. The fourth-order valence-electron chi connectivity index (χ4n) is 2.70. The second-order valence-electron chi connectivity index (χ2n) is 5.63. The van der Waals surface area contributed by atoms with Gasteiger partial charge < -0.3 is 9.42 Å². The van der Waals surface area contributed by atoms with Gasteiger partial charge in [0.2, 0.25) is 5.89 Å². The molecule has 0 N–H and O–H groups in total. The van der Waals surface area contributed by atoms with E-state index >= 15 is 0 Å². The molecule has 21 heavy (non-hydrogen) atoms. The van der Waals surface area contributed by atoms with Crippen LogP contribution >= 0.6 is 0 Å². The number of amides is 1. The first-order valence-electron chi connectivity index (χ1n) is 6.95. The Balaban J connectivity index is 1.81. The standard InChI is InChI=1S/C14H17N5O2/c1-10-17-13(21-18-10)14(2)4-3-7-19(9-14)12(20)11-8-15-5-6-16-11/h5-6,8H,3-4,7,9H2,1-2H3/t14-/m0/s1. The average Bonchev–Trinajstić information content (AvgIpc) is 2.95. The van der Waals surface area contributed by atoms with Crippen LogP contribution in [0, 0.1) is 6.92 Å². The van der Waals surface area contributed by atoms with Gasteiger partial charge in [-0.25, -0.2) is 4.98 Å². The van der Waals surface area contributed by atoms with E-state index in [2.05, 4.69) is 27.0 Å². The second kappa shape index (κ2) is 5.23. The summed E-state index contributed by atoms with van der Waals surface area (Å²) in [5.41, 5.74) is 0.0562. The molecule has 7 heteroatoms. The minimum Gasteiger partial charge on any atom is -0.339 e. The van der Waals surface area contributed by atoms with Crippen molar-refractivity contribution in [1.29, 1.82) is 0 Å². The molecule has 1 aliphatic rings. The van der Waals surface area contributed by atoms with Gasteiger partial charge in [0.25, 0.3) is 5.91 Å². The first-order chi connectivity index (χ1) is 10.1. The summed E-state index contributed by atoms with van der Waals surface area (Å²) < 4.78 is 5.31. The number of aryl methyl sites for hydroxylation is 1. The van der Waals surface area contributed by atoms with E-state index in [9.17, 15) is 4.79 Å². The first kappa shape index (κ1) is 13.7. The zero-order valence-electron chi connectivity index (χ0n) is 12.1. The second-order valence-corrected chi connectivity index (χ2v) is 5.63. The molecular formula is C14H17N5O2. The molecule has 1 aliphatic heterocycles. The summed E-state index contributed by atoms with van der Waals surface area (Å²) in [5.74, 6) is 1.10. The Kier molecular flexibility index (Phi) is 3.40. The quantitative estimate of drug-likeness (QED) is 0.829. The van der Waals surface area contributed by atoms with Crippen molar-refractivity contribution < 1.29 is 9.32 Å². The van der Waals surface area contributed by atoms with E-state index in [-0.39, 0.29) is 11.3 Å². The maximum Gasteiger partial charge on any atom is 0.274 e. The summed E-state index contributed by atoms with van der Waals surface area (Å²) in [6.45, 7) is 5.10. The Morgan fingerprint density at radius 2 is 2.29 bits per heavy atom. The van der Waals surface area contributed by atoms with E-state index < -0.39 is 0 Å². The number of piperidine rings is 1. The maximum atomic E-state index is 12.5. The van der Waals surface area contributed by atoms with Crippen molar-refractivity contribution in [1.82, 2.24) is 25.0 Å². The SMILES string of the molecule is Cc1noc([C@@]2(C)CCCN(C(=O)c3cnccn3)C2)n1. The third kappa shape index (κ3) is 2.63. The molecule has 0 bridgehead atoms. The Labute approximate surface area is 122 Å². The molecule has 3 heterocycles. The lowest BCUT2D eigenvalue weighted by Gasteiger charge is -2.37. The number of rotatable bonds is 2. The van der Waals surface area contributed by atoms with Crippen LogP contribution in [0.25, 0.3) is 0 Å². The van der Waals surface area contributed by atoms with Gasteiger partial charge in [0, 0.05) is 25.5 Å². The molecule has 0 aromatic carbocycles. The van der Waals surface area contributed by atoms with Crippen molar-refractivity contribution in [3.05, 3.63) is 36.0 Å². The van der Waals surface area contributed by atoms with Crippen LogP contribution in [-0.4, -0.2) is 44.0 Å². The molecule has 0 saturated carbocycles. The van der Waals surface area contributed by atoms with Gasteiger partial charge >= 0.3 is 0 Å². The molecule has 1 fully saturated rings. The van der Waals surface area contributed by atoms with Gasteiger partial charge in [0.05, 0.1) is 11.6 Å². The Bertz CT molecular complexity index is 642. The maximum absolute atomic E-state index is 12.5. The topological polar surface area (TPSA) is 85.0 Å². The number of hydrogen-bond donors (Lipinski definition) is 0. The highest BCUT2D eigenvalue weighted by Gasteiger charge is 2.39. The third-order valence-corrected chi connectivity index (χ3v) is 3.81. The summed E-state index contributed by atoms with van der Waals surface area (Å²) in [5, 5.41) is 3.85. The predicted molar refractivity (Wildman–Crippen MR) is 73.6 cm³/mol. The summed E-state index contributed by atoms with van der Waals surface area (Å²) in [6, 6.07) is 0. The van der Waals surface area contributed by atoms with Gasteiger partial charge in [-0.1, -0.05) is 5.16 Å². The van der Waals surface area contributed by atoms with Crippen LogP contribution in [0.2, 0.25) is 0 Å². The number of nitrogens with zero attached hydrogens (tertiary/aromatic N) is 5. The van der Waals surface area contributed by atoms with Gasteiger partial charge in [0.1, 0.15) is 5.69 Å². The highest BCUT2D eigenvalue weighted by atomic mass is 16.5. The van der Waals surface area contributed by atoms with Crippen LogP contribution < -0.4 is 0 Å². The molecule has 110 valence electrons. The van der Waals surface area contributed by atoms with Crippen molar-refractivity contribution in [3.8, 4) is 0 Å². The van der Waals surface area contributed by atoms with Crippen molar-refractivity contribution in [2.24, 2.45) is 0 Å². The van der Waals surface area contributed by atoms with E-state index in [1.54, 1.807) is 18.0 Å². The zero-order valence-corrected chi connectivity index (χ0v) is 12.1. The normalized spacial score (nSPS) is 22.3. The van der Waals surface area contributed by atoms with Gasteiger partial charge in [-0.05, 0) is 26.7 Å². The van der Waals surface area contributed by atoms with Crippen LogP contribution in [0.15, 0.2) is 23.1 Å². The number of likely N-dealkylation sites (tertiary alicyclic amines) is 1. The van der Waals surface area contributed by atoms with Crippen LogP contribution in [0.1, 0.15) is 42.0 Å². The molecule has 3 rings (SSSR count). The van der Waals surface area contributed by atoms with E-state index in [1.165, 1.54) is 12.4 Å². The van der Waals surface area contributed by atoms with Gasteiger partial charge in [-0.15, -0.1) is 0 Å². The summed E-state index contributed by atoms with van der Waals surface area (Å²) in [7, 11) is 0. The van der Waals surface area contributed by atoms with Crippen molar-refractivity contribution >= 4 is 5.91 Å². The van der Waals surface area contributed by atoms with E-state index in [1.807, 2.05) is 0 Å². The fraction of sp³-hybridized carbons (Fsp3) is 0.500. The third-order valence-electron chi connectivity index (χ3n) is 3.81. The van der Waals surface area contributed by atoms with Gasteiger partial charge in [0.15, 0.2) is 5.82 Å². The van der Waals surface area contributed by atoms with Crippen LogP contribution in [0.4, 0.5) is 0 Å². The minimum atomic E-state index is -0.308. The lowest BCUT2D eigenvalue weighted by atomic mass is 9.81. The first-order valence-corrected chi connectivity index (χ1v) is 6.95. The van der Waals surface area contributed by atoms with Crippen molar-refractivity contribution in [2.45, 2.75) is 32.1 Å². The molecule has 7 nitrogen and oxygen atoms in total. The Hall–Kier alpha value is -2.31. The fourth-order valence-corrected chi connectivity index (χ4v) is 2.70. The molecule has 2 aromatic heterocycles. The van der Waals surface area contributed by atoms with Gasteiger partial charge in [-0.3, -0.25) is 9.78 Å². The summed E-state index contributed by atoms with van der Waals surface area (Å²) in [6.07, 6.45) is 6.38. The number of aromatic nitrogens is 4. The minimum absolute atomic E-state index is 0.106. The molecule has 0 spiro atoms. The van der Waals surface area contributed by atoms with Crippen LogP contribution in [-0.2, 0) is 5.41 Å². The van der Waals surface area contributed by atoms with E-state index in [4.69, 9.17) is 4.52 Å². The van der Waals surface area contributed by atoms with Gasteiger partial charge in [-0.2, -0.15) is 4.98 Å². The molecule has 2 aromatic rings.